The van der Waals surface area contributed by atoms with Gasteiger partial charge in [-0.15, -0.1) is 0 Å². The second-order valence-corrected chi connectivity index (χ2v) is 3.92. The lowest BCUT2D eigenvalue weighted by Crippen LogP contribution is -2.34. The Balaban J connectivity index is 2.70. The number of nitro groups is 1. The van der Waals surface area contributed by atoms with E-state index in [2.05, 4.69) is 10.3 Å². The van der Waals surface area contributed by atoms with Crippen LogP contribution in [0.1, 0.15) is 13.8 Å². The van der Waals surface area contributed by atoms with E-state index in [0.717, 1.165) is 0 Å². The van der Waals surface area contributed by atoms with Gasteiger partial charge in [0.2, 0.25) is 5.82 Å². The molecule has 0 radical (unpaired) electrons. The van der Waals surface area contributed by atoms with Gasteiger partial charge in [-0.25, -0.2) is 4.98 Å². The first-order valence-corrected chi connectivity index (χ1v) is 5.11. The van der Waals surface area contributed by atoms with Crippen LogP contribution in [0.15, 0.2) is 18.3 Å². The normalized spacial score (nSPS) is 12.5. The zero-order chi connectivity index (χ0) is 12.1. The lowest BCUT2D eigenvalue weighted by molar-refractivity contribution is -0.384. The summed E-state index contributed by atoms with van der Waals surface area (Å²) < 4.78 is 0. The molecule has 0 fully saturated rings. The molecule has 1 aromatic heterocycles. The van der Waals surface area contributed by atoms with Gasteiger partial charge in [0, 0.05) is 24.8 Å². The summed E-state index contributed by atoms with van der Waals surface area (Å²) >= 11 is 0. The second-order valence-electron chi connectivity index (χ2n) is 3.92. The molecule has 3 N–H and O–H groups in total. The third-order valence-corrected chi connectivity index (χ3v) is 2.34. The number of pyridine rings is 1. The van der Waals surface area contributed by atoms with E-state index in [1.807, 2.05) is 13.8 Å². The number of rotatable bonds is 5. The van der Waals surface area contributed by atoms with Crippen molar-refractivity contribution in [3.05, 3.63) is 28.4 Å². The van der Waals surface area contributed by atoms with Crippen molar-refractivity contribution in [2.24, 2.45) is 11.7 Å². The molecule has 0 bridgehead atoms. The highest BCUT2D eigenvalue weighted by Gasteiger charge is 2.15. The molecule has 16 heavy (non-hydrogen) atoms. The maximum Gasteiger partial charge on any atom is 0.311 e. The topological polar surface area (TPSA) is 94.1 Å². The predicted molar refractivity (Wildman–Crippen MR) is 62.2 cm³/mol. The van der Waals surface area contributed by atoms with Gasteiger partial charge in [-0.3, -0.25) is 10.1 Å². The standard InChI is InChI=1S/C10H16N4O2/c1-7(2)8(11)6-13-10-9(14(15)16)4-3-5-12-10/h3-5,7-8H,6,11H2,1-2H3,(H,12,13). The van der Waals surface area contributed by atoms with E-state index in [9.17, 15) is 10.1 Å². The first-order chi connectivity index (χ1) is 7.52. The van der Waals surface area contributed by atoms with Crippen molar-refractivity contribution in [3.63, 3.8) is 0 Å². The third-order valence-electron chi connectivity index (χ3n) is 2.34. The molecule has 1 heterocycles. The van der Waals surface area contributed by atoms with E-state index >= 15 is 0 Å². The summed E-state index contributed by atoms with van der Waals surface area (Å²) in [4.78, 5) is 14.2. The summed E-state index contributed by atoms with van der Waals surface area (Å²) in [7, 11) is 0. The minimum absolute atomic E-state index is 0.0292. The van der Waals surface area contributed by atoms with Gasteiger partial charge >= 0.3 is 5.69 Å². The summed E-state index contributed by atoms with van der Waals surface area (Å²) in [6.07, 6.45) is 1.51. The quantitative estimate of drug-likeness (QED) is 0.582. The zero-order valence-electron chi connectivity index (χ0n) is 9.38. The lowest BCUT2D eigenvalue weighted by Gasteiger charge is -2.16. The van der Waals surface area contributed by atoms with Crippen LogP contribution in [0.4, 0.5) is 11.5 Å². The van der Waals surface area contributed by atoms with Crippen molar-refractivity contribution in [1.29, 1.82) is 0 Å². The molecule has 0 aromatic carbocycles. The van der Waals surface area contributed by atoms with Crippen molar-refractivity contribution in [2.45, 2.75) is 19.9 Å². The second kappa shape index (κ2) is 5.41. The van der Waals surface area contributed by atoms with E-state index in [-0.39, 0.29) is 17.5 Å². The Morgan fingerprint density at radius 2 is 2.31 bits per heavy atom. The molecule has 0 saturated carbocycles. The Kier molecular flexibility index (Phi) is 4.19. The van der Waals surface area contributed by atoms with Crippen LogP contribution in [-0.2, 0) is 0 Å². The summed E-state index contributed by atoms with van der Waals surface area (Å²) in [5.74, 6) is 0.582. The lowest BCUT2D eigenvalue weighted by atomic mass is 10.1. The number of hydrogen-bond acceptors (Lipinski definition) is 5. The molecule has 0 aliphatic rings. The molecule has 0 aliphatic heterocycles. The van der Waals surface area contributed by atoms with E-state index in [1.165, 1.54) is 18.3 Å². The summed E-state index contributed by atoms with van der Waals surface area (Å²) in [5.41, 5.74) is 5.80. The average Bonchev–Trinajstić information content (AvgIpc) is 2.25. The number of nitrogens with one attached hydrogen (secondary N) is 1. The monoisotopic (exact) mass is 224 g/mol. The summed E-state index contributed by atoms with van der Waals surface area (Å²) in [6, 6.07) is 2.89. The highest BCUT2D eigenvalue weighted by atomic mass is 16.6. The molecule has 88 valence electrons. The van der Waals surface area contributed by atoms with Gasteiger partial charge in [0.25, 0.3) is 0 Å². The molecule has 6 nitrogen and oxygen atoms in total. The first kappa shape index (κ1) is 12.4. The average molecular weight is 224 g/mol. The fourth-order valence-corrected chi connectivity index (χ4v) is 1.13. The van der Waals surface area contributed by atoms with Crippen molar-refractivity contribution >= 4 is 11.5 Å². The summed E-state index contributed by atoms with van der Waals surface area (Å²) in [5, 5.41) is 13.6. The molecule has 0 amide bonds. The van der Waals surface area contributed by atoms with Gasteiger partial charge < -0.3 is 11.1 Å². The number of aromatic nitrogens is 1. The van der Waals surface area contributed by atoms with Crippen molar-refractivity contribution in [2.75, 3.05) is 11.9 Å². The van der Waals surface area contributed by atoms with Gasteiger partial charge in [-0.1, -0.05) is 13.8 Å². The van der Waals surface area contributed by atoms with Crippen LogP contribution < -0.4 is 11.1 Å². The van der Waals surface area contributed by atoms with Crippen molar-refractivity contribution in [1.82, 2.24) is 4.98 Å². The van der Waals surface area contributed by atoms with Crippen LogP contribution in [0.25, 0.3) is 0 Å². The maximum atomic E-state index is 10.7. The Morgan fingerprint density at radius 1 is 1.62 bits per heavy atom. The van der Waals surface area contributed by atoms with Gasteiger partial charge in [-0.05, 0) is 12.0 Å². The molecule has 1 atom stereocenters. The minimum Gasteiger partial charge on any atom is -0.363 e. The molecule has 0 saturated heterocycles. The van der Waals surface area contributed by atoms with Gasteiger partial charge in [0.1, 0.15) is 0 Å². The van der Waals surface area contributed by atoms with Gasteiger partial charge in [0.05, 0.1) is 4.92 Å². The third kappa shape index (κ3) is 3.16. The Labute approximate surface area is 94.0 Å². The highest BCUT2D eigenvalue weighted by molar-refractivity contribution is 5.55. The maximum absolute atomic E-state index is 10.7. The fourth-order valence-electron chi connectivity index (χ4n) is 1.13. The van der Waals surface area contributed by atoms with Gasteiger partial charge in [0.15, 0.2) is 0 Å². The first-order valence-electron chi connectivity index (χ1n) is 5.11. The number of nitrogens with zero attached hydrogens (tertiary/aromatic N) is 2. The van der Waals surface area contributed by atoms with E-state index in [1.54, 1.807) is 0 Å². The molecular formula is C10H16N4O2. The number of nitrogens with two attached hydrogens (primary N) is 1. The van der Waals surface area contributed by atoms with Crippen LogP contribution in [0.2, 0.25) is 0 Å². The van der Waals surface area contributed by atoms with Gasteiger partial charge in [-0.2, -0.15) is 0 Å². The molecule has 1 unspecified atom stereocenters. The van der Waals surface area contributed by atoms with E-state index in [0.29, 0.717) is 12.5 Å². The summed E-state index contributed by atoms with van der Waals surface area (Å²) in [6.45, 7) is 4.47. The largest absolute Gasteiger partial charge is 0.363 e. The minimum atomic E-state index is -0.462. The Bertz CT molecular complexity index is 368. The molecule has 1 rings (SSSR count). The zero-order valence-corrected chi connectivity index (χ0v) is 9.38. The molecular weight excluding hydrogens is 208 g/mol. The smallest absolute Gasteiger partial charge is 0.311 e. The molecule has 1 aromatic rings. The van der Waals surface area contributed by atoms with Crippen LogP contribution in [0.3, 0.4) is 0 Å². The molecule has 0 spiro atoms. The molecule has 6 heteroatoms. The predicted octanol–water partition coefficient (Wildman–Crippen LogP) is 1.38. The highest BCUT2D eigenvalue weighted by Crippen LogP contribution is 2.20. The SMILES string of the molecule is CC(C)C(N)CNc1ncccc1[N+](=O)[O-]. The van der Waals surface area contributed by atoms with Crippen LogP contribution in [-0.4, -0.2) is 22.5 Å². The van der Waals surface area contributed by atoms with Crippen molar-refractivity contribution < 1.29 is 4.92 Å². The van der Waals surface area contributed by atoms with Crippen LogP contribution in [0.5, 0.6) is 0 Å². The van der Waals surface area contributed by atoms with Crippen LogP contribution in [0, 0.1) is 16.0 Å². The van der Waals surface area contributed by atoms with Crippen molar-refractivity contribution in [3.8, 4) is 0 Å². The van der Waals surface area contributed by atoms with E-state index < -0.39 is 4.92 Å². The Morgan fingerprint density at radius 3 is 2.88 bits per heavy atom. The van der Waals surface area contributed by atoms with Crippen LogP contribution >= 0.6 is 0 Å². The number of anilines is 1. The Hall–Kier alpha value is -1.69. The molecule has 0 aliphatic carbocycles. The fraction of sp³-hybridized carbons (Fsp3) is 0.500. The number of hydrogen-bond donors (Lipinski definition) is 2. The van der Waals surface area contributed by atoms with E-state index in [4.69, 9.17) is 5.73 Å².